The largest absolute Gasteiger partial charge is 0.497 e. The molecule has 0 aliphatic heterocycles. The van der Waals surface area contributed by atoms with Crippen molar-refractivity contribution in [3.05, 3.63) is 65.2 Å². The molecule has 2 heteroatoms. The molecule has 22 heavy (non-hydrogen) atoms. The lowest BCUT2D eigenvalue weighted by atomic mass is 9.58. The third kappa shape index (κ3) is 2.05. The number of rotatable bonds is 3. The molecule has 3 aliphatic rings. The van der Waals surface area contributed by atoms with Gasteiger partial charge in [0.1, 0.15) is 5.75 Å². The highest BCUT2D eigenvalue weighted by Crippen LogP contribution is 2.56. The summed E-state index contributed by atoms with van der Waals surface area (Å²) in [6.45, 7) is 0. The van der Waals surface area contributed by atoms with E-state index in [4.69, 9.17) is 4.74 Å². The molecular formula is C20H23NO. The van der Waals surface area contributed by atoms with Crippen molar-refractivity contribution in [2.24, 2.45) is 0 Å². The Morgan fingerprint density at radius 1 is 0.864 bits per heavy atom. The fourth-order valence-electron chi connectivity index (χ4n) is 4.62. The third-order valence-corrected chi connectivity index (χ3v) is 5.70. The maximum Gasteiger partial charge on any atom is 0.118 e. The monoisotopic (exact) mass is 293 g/mol. The summed E-state index contributed by atoms with van der Waals surface area (Å²) in [5, 5.41) is 3.55. The second-order valence-electron chi connectivity index (χ2n) is 6.59. The summed E-state index contributed by atoms with van der Waals surface area (Å²) in [6, 6.07) is 18.4. The van der Waals surface area contributed by atoms with E-state index in [2.05, 4.69) is 60.9 Å². The van der Waals surface area contributed by atoms with Gasteiger partial charge in [-0.3, -0.25) is 0 Å². The number of likely N-dealkylation sites (N-methyl/N-ethyl adjacent to an activating group) is 1. The van der Waals surface area contributed by atoms with Crippen molar-refractivity contribution in [3.63, 3.8) is 0 Å². The van der Waals surface area contributed by atoms with E-state index in [1.807, 2.05) is 0 Å². The lowest BCUT2D eigenvalue weighted by Crippen LogP contribution is -2.44. The molecule has 2 aromatic rings. The predicted octanol–water partition coefficient (Wildman–Crippen LogP) is 4.04. The SMILES string of the molecule is CN[C@H]1C[C@@H]2c3ccccc3[C@H]1C[C@@H]2c1ccc(OC)cc1. The third-order valence-electron chi connectivity index (χ3n) is 5.70. The highest BCUT2D eigenvalue weighted by Gasteiger charge is 2.44. The molecule has 1 fully saturated rings. The molecule has 1 saturated carbocycles. The summed E-state index contributed by atoms with van der Waals surface area (Å²) in [5.41, 5.74) is 4.61. The van der Waals surface area contributed by atoms with E-state index in [-0.39, 0.29) is 0 Å². The van der Waals surface area contributed by atoms with Gasteiger partial charge >= 0.3 is 0 Å². The van der Waals surface area contributed by atoms with E-state index in [9.17, 15) is 0 Å². The minimum absolute atomic E-state index is 0.620. The number of fused-ring (bicyclic) bond motifs is 2. The maximum atomic E-state index is 5.30. The van der Waals surface area contributed by atoms with Crippen LogP contribution in [0.5, 0.6) is 5.75 Å². The zero-order chi connectivity index (χ0) is 15.1. The lowest BCUT2D eigenvalue weighted by molar-refractivity contribution is 0.251. The minimum atomic E-state index is 0.620. The van der Waals surface area contributed by atoms with E-state index < -0.39 is 0 Å². The highest BCUT2D eigenvalue weighted by atomic mass is 16.5. The van der Waals surface area contributed by atoms with Crippen LogP contribution in [0, 0.1) is 0 Å². The fourth-order valence-corrected chi connectivity index (χ4v) is 4.62. The van der Waals surface area contributed by atoms with E-state index in [1.54, 1.807) is 18.2 Å². The van der Waals surface area contributed by atoms with Crippen LogP contribution in [0.4, 0.5) is 0 Å². The summed E-state index contributed by atoms with van der Waals surface area (Å²) < 4.78 is 5.30. The van der Waals surface area contributed by atoms with Crippen molar-refractivity contribution in [2.45, 2.75) is 36.6 Å². The molecular weight excluding hydrogens is 270 g/mol. The molecule has 0 unspecified atom stereocenters. The first-order valence-electron chi connectivity index (χ1n) is 8.22. The molecule has 4 atom stereocenters. The van der Waals surface area contributed by atoms with Gasteiger partial charge in [-0.05, 0) is 60.5 Å². The van der Waals surface area contributed by atoms with Crippen LogP contribution in [-0.2, 0) is 0 Å². The van der Waals surface area contributed by atoms with Crippen LogP contribution in [0.3, 0.4) is 0 Å². The first-order chi connectivity index (χ1) is 10.8. The number of ether oxygens (including phenoxy) is 1. The van der Waals surface area contributed by atoms with Gasteiger partial charge in [0.2, 0.25) is 0 Å². The Morgan fingerprint density at radius 3 is 2.18 bits per heavy atom. The van der Waals surface area contributed by atoms with Gasteiger partial charge in [0, 0.05) is 12.0 Å². The van der Waals surface area contributed by atoms with E-state index in [0.717, 1.165) is 5.75 Å². The second kappa shape index (κ2) is 5.44. The van der Waals surface area contributed by atoms with Gasteiger partial charge in [-0.2, -0.15) is 0 Å². The van der Waals surface area contributed by atoms with Gasteiger partial charge in [0.05, 0.1) is 7.11 Å². The number of hydrogen-bond donors (Lipinski definition) is 1. The Morgan fingerprint density at radius 2 is 1.55 bits per heavy atom. The van der Waals surface area contributed by atoms with Gasteiger partial charge in [-0.25, -0.2) is 0 Å². The van der Waals surface area contributed by atoms with Gasteiger partial charge in [-0.15, -0.1) is 0 Å². The number of benzene rings is 2. The first-order valence-corrected chi connectivity index (χ1v) is 8.22. The number of nitrogens with one attached hydrogen (secondary N) is 1. The Kier molecular flexibility index (Phi) is 3.42. The average Bonchev–Trinajstić information content (AvgIpc) is 2.61. The van der Waals surface area contributed by atoms with Crippen LogP contribution in [0.15, 0.2) is 48.5 Å². The maximum absolute atomic E-state index is 5.30. The van der Waals surface area contributed by atoms with Gasteiger partial charge < -0.3 is 10.1 Å². The second-order valence-corrected chi connectivity index (χ2v) is 6.59. The van der Waals surface area contributed by atoms with Crippen LogP contribution < -0.4 is 10.1 Å². The van der Waals surface area contributed by atoms with Crippen LogP contribution in [0.25, 0.3) is 0 Å². The molecule has 2 aromatic carbocycles. The Labute approximate surface area is 132 Å². The molecule has 1 N–H and O–H groups in total. The highest BCUT2D eigenvalue weighted by molar-refractivity contribution is 5.45. The number of hydrogen-bond acceptors (Lipinski definition) is 2. The van der Waals surface area contributed by atoms with Crippen LogP contribution >= 0.6 is 0 Å². The molecule has 0 heterocycles. The van der Waals surface area contributed by atoms with Crippen LogP contribution in [0.1, 0.15) is 47.3 Å². The Hall–Kier alpha value is -1.80. The summed E-state index contributed by atoms with van der Waals surface area (Å²) in [5.74, 6) is 2.85. The molecule has 0 spiro atoms. The fraction of sp³-hybridized carbons (Fsp3) is 0.400. The predicted molar refractivity (Wildman–Crippen MR) is 89.7 cm³/mol. The van der Waals surface area contributed by atoms with Crippen molar-refractivity contribution in [3.8, 4) is 5.75 Å². The quantitative estimate of drug-likeness (QED) is 0.922. The zero-order valence-corrected chi connectivity index (χ0v) is 13.3. The molecule has 3 aliphatic carbocycles. The summed E-state index contributed by atoms with van der Waals surface area (Å²) in [4.78, 5) is 0. The van der Waals surface area contributed by atoms with Crippen molar-refractivity contribution < 1.29 is 4.74 Å². The molecule has 0 amide bonds. The van der Waals surface area contributed by atoms with Crippen molar-refractivity contribution >= 4 is 0 Å². The van der Waals surface area contributed by atoms with E-state index in [1.165, 1.54) is 18.4 Å². The standard InChI is InChI=1S/C20H23NO/c1-21-20-12-18-15-5-3-4-6-16(15)19(20)11-17(18)13-7-9-14(22-2)10-8-13/h3-10,17-21H,11-12H2,1-2H3/t17-,18-,19-,20+/m1/s1. The van der Waals surface area contributed by atoms with Crippen molar-refractivity contribution in [2.75, 3.05) is 14.2 Å². The topological polar surface area (TPSA) is 21.3 Å². The zero-order valence-electron chi connectivity index (χ0n) is 13.3. The van der Waals surface area contributed by atoms with Crippen LogP contribution in [-0.4, -0.2) is 20.2 Å². The smallest absolute Gasteiger partial charge is 0.118 e. The van der Waals surface area contributed by atoms with Crippen molar-refractivity contribution in [1.82, 2.24) is 5.32 Å². The van der Waals surface area contributed by atoms with Gasteiger partial charge in [0.15, 0.2) is 0 Å². The number of methoxy groups -OCH3 is 1. The van der Waals surface area contributed by atoms with Gasteiger partial charge in [0.25, 0.3) is 0 Å². The van der Waals surface area contributed by atoms with Crippen LogP contribution in [0.2, 0.25) is 0 Å². The average molecular weight is 293 g/mol. The van der Waals surface area contributed by atoms with Gasteiger partial charge in [-0.1, -0.05) is 36.4 Å². The molecule has 0 saturated heterocycles. The summed E-state index contributed by atoms with van der Waals surface area (Å²) in [7, 11) is 3.84. The molecule has 2 nitrogen and oxygen atoms in total. The van der Waals surface area contributed by atoms with Crippen molar-refractivity contribution in [1.29, 1.82) is 0 Å². The molecule has 5 rings (SSSR count). The Balaban J connectivity index is 1.73. The van der Waals surface area contributed by atoms with E-state index in [0.29, 0.717) is 23.8 Å². The van der Waals surface area contributed by atoms with E-state index >= 15 is 0 Å². The molecule has 0 radical (unpaired) electrons. The summed E-state index contributed by atoms with van der Waals surface area (Å²) in [6.07, 6.45) is 2.49. The molecule has 0 aromatic heterocycles. The lowest BCUT2D eigenvalue weighted by Gasteiger charge is -2.48. The molecule has 114 valence electrons. The minimum Gasteiger partial charge on any atom is -0.497 e. The normalized spacial score (nSPS) is 29.2. The first kappa shape index (κ1) is 13.8. The Bertz CT molecular complexity index is 664. The molecule has 2 bridgehead atoms. The summed E-state index contributed by atoms with van der Waals surface area (Å²) >= 11 is 0.